The third kappa shape index (κ3) is 4.51. The molecule has 0 radical (unpaired) electrons. The van der Waals surface area contributed by atoms with E-state index in [1.807, 2.05) is 6.07 Å². The quantitative estimate of drug-likeness (QED) is 0.759. The highest BCUT2D eigenvalue weighted by atomic mass is 16.5. The number of nitrogens with zero attached hydrogens (tertiary/aromatic N) is 1. The number of nitrogens with one attached hydrogen (secondary N) is 1. The van der Waals surface area contributed by atoms with Crippen LogP contribution in [0.2, 0.25) is 0 Å². The van der Waals surface area contributed by atoms with Gasteiger partial charge in [-0.25, -0.2) is 4.79 Å². The molecule has 1 heterocycles. The molecule has 0 aliphatic carbocycles. The van der Waals surface area contributed by atoms with E-state index in [-0.39, 0.29) is 5.41 Å². The van der Waals surface area contributed by atoms with Crippen molar-refractivity contribution in [3.8, 4) is 23.8 Å². The standard InChI is InChI=1S/C22H28N2O3/c1-7-15(3)9-11-22(4,5)18-14-17(13-16(8-2)20(18)27-6)24-12-10-19(25)23-21(24)26/h2,10,12-15H,7,9,11H2,1,3-6H3,(H,23,25,26). The Morgan fingerprint density at radius 2 is 2.04 bits per heavy atom. The summed E-state index contributed by atoms with van der Waals surface area (Å²) in [6, 6.07) is 4.97. The maximum absolute atomic E-state index is 12.2. The lowest BCUT2D eigenvalue weighted by molar-refractivity contribution is 0.362. The second kappa shape index (κ2) is 8.30. The SMILES string of the molecule is C#Cc1cc(-n2ccc(=O)[nH]c2=O)cc(C(C)(C)CCC(C)CC)c1OC. The van der Waals surface area contributed by atoms with Crippen molar-refractivity contribution < 1.29 is 4.74 Å². The van der Waals surface area contributed by atoms with Crippen molar-refractivity contribution in [3.05, 3.63) is 56.4 Å². The van der Waals surface area contributed by atoms with Crippen molar-refractivity contribution in [1.82, 2.24) is 9.55 Å². The molecule has 0 bridgehead atoms. The first-order valence-corrected chi connectivity index (χ1v) is 9.25. The lowest BCUT2D eigenvalue weighted by atomic mass is 9.77. The molecule has 1 N–H and O–H groups in total. The van der Waals surface area contributed by atoms with Crippen molar-refractivity contribution >= 4 is 0 Å². The molecule has 1 aromatic heterocycles. The largest absolute Gasteiger partial charge is 0.495 e. The van der Waals surface area contributed by atoms with E-state index >= 15 is 0 Å². The van der Waals surface area contributed by atoms with E-state index in [2.05, 4.69) is 38.6 Å². The van der Waals surface area contributed by atoms with Crippen molar-refractivity contribution in [1.29, 1.82) is 0 Å². The molecule has 1 unspecified atom stereocenters. The van der Waals surface area contributed by atoms with Gasteiger partial charge < -0.3 is 4.74 Å². The highest BCUT2D eigenvalue weighted by Gasteiger charge is 2.27. The average Bonchev–Trinajstić information content (AvgIpc) is 2.64. The normalized spacial score (nSPS) is 12.4. The Morgan fingerprint density at radius 3 is 2.59 bits per heavy atom. The lowest BCUT2D eigenvalue weighted by Crippen LogP contribution is -2.28. The Morgan fingerprint density at radius 1 is 1.33 bits per heavy atom. The van der Waals surface area contributed by atoms with Gasteiger partial charge in [0.1, 0.15) is 5.75 Å². The van der Waals surface area contributed by atoms with Gasteiger partial charge >= 0.3 is 5.69 Å². The van der Waals surface area contributed by atoms with Crippen LogP contribution in [0.15, 0.2) is 34.0 Å². The molecule has 0 saturated heterocycles. The zero-order valence-corrected chi connectivity index (χ0v) is 16.8. The molecule has 0 aliphatic rings. The molecule has 2 aromatic rings. The maximum atomic E-state index is 12.2. The zero-order valence-electron chi connectivity index (χ0n) is 16.8. The summed E-state index contributed by atoms with van der Waals surface area (Å²) in [7, 11) is 1.61. The second-order valence-electron chi connectivity index (χ2n) is 7.63. The number of methoxy groups -OCH3 is 1. The first kappa shape index (κ1) is 20.6. The molecule has 5 nitrogen and oxygen atoms in total. The summed E-state index contributed by atoms with van der Waals surface area (Å²) >= 11 is 0. The van der Waals surface area contributed by atoms with Crippen LogP contribution in [0, 0.1) is 18.3 Å². The Labute approximate surface area is 160 Å². The fourth-order valence-corrected chi connectivity index (χ4v) is 3.15. The maximum Gasteiger partial charge on any atom is 0.332 e. The minimum atomic E-state index is -0.501. The fourth-order valence-electron chi connectivity index (χ4n) is 3.15. The summed E-state index contributed by atoms with van der Waals surface area (Å²) in [4.78, 5) is 25.9. The molecule has 144 valence electrons. The topological polar surface area (TPSA) is 64.1 Å². The van der Waals surface area contributed by atoms with Crippen LogP contribution >= 0.6 is 0 Å². The number of aromatic amines is 1. The van der Waals surface area contributed by atoms with Gasteiger partial charge in [0, 0.05) is 17.8 Å². The molecule has 0 saturated carbocycles. The van der Waals surface area contributed by atoms with Gasteiger partial charge in [-0.05, 0) is 36.3 Å². The van der Waals surface area contributed by atoms with E-state index < -0.39 is 11.2 Å². The number of aromatic nitrogens is 2. The molecule has 0 spiro atoms. The van der Waals surface area contributed by atoms with Gasteiger partial charge in [-0.15, -0.1) is 6.42 Å². The molecule has 27 heavy (non-hydrogen) atoms. The van der Waals surface area contributed by atoms with Gasteiger partial charge in [0.15, 0.2) is 0 Å². The predicted octanol–water partition coefficient (Wildman–Crippen LogP) is 3.62. The summed E-state index contributed by atoms with van der Waals surface area (Å²) in [5, 5.41) is 0. The van der Waals surface area contributed by atoms with Crippen LogP contribution in [0.4, 0.5) is 0 Å². The van der Waals surface area contributed by atoms with E-state index in [9.17, 15) is 9.59 Å². The minimum Gasteiger partial charge on any atom is -0.495 e. The number of rotatable bonds is 7. The molecule has 1 atom stereocenters. The number of hydrogen-bond donors (Lipinski definition) is 1. The summed E-state index contributed by atoms with van der Waals surface area (Å²) < 4.78 is 7.02. The molecule has 0 amide bonds. The number of benzene rings is 1. The van der Waals surface area contributed by atoms with Crippen LogP contribution in [0.25, 0.3) is 5.69 Å². The summed E-state index contributed by atoms with van der Waals surface area (Å²) in [6.45, 7) is 8.76. The number of terminal acetylenes is 1. The van der Waals surface area contributed by atoms with Gasteiger partial charge in [0.25, 0.3) is 5.56 Å². The number of H-pyrrole nitrogens is 1. The smallest absolute Gasteiger partial charge is 0.332 e. The predicted molar refractivity (Wildman–Crippen MR) is 109 cm³/mol. The van der Waals surface area contributed by atoms with Crippen LogP contribution in [-0.2, 0) is 5.41 Å². The number of hydrogen-bond acceptors (Lipinski definition) is 3. The molecule has 0 fully saturated rings. The lowest BCUT2D eigenvalue weighted by Gasteiger charge is -2.29. The van der Waals surface area contributed by atoms with Gasteiger partial charge in [0.2, 0.25) is 0 Å². The fraction of sp³-hybridized carbons (Fsp3) is 0.455. The minimum absolute atomic E-state index is 0.192. The molecule has 0 aliphatic heterocycles. The summed E-state index contributed by atoms with van der Waals surface area (Å²) in [5.74, 6) is 3.96. The van der Waals surface area contributed by atoms with Gasteiger partial charge in [-0.1, -0.05) is 40.0 Å². The van der Waals surface area contributed by atoms with Crippen molar-refractivity contribution in [3.63, 3.8) is 0 Å². The monoisotopic (exact) mass is 368 g/mol. The van der Waals surface area contributed by atoms with E-state index in [1.54, 1.807) is 13.2 Å². The molecule has 5 heteroatoms. The van der Waals surface area contributed by atoms with E-state index in [1.165, 1.54) is 16.8 Å². The third-order valence-electron chi connectivity index (χ3n) is 5.22. The van der Waals surface area contributed by atoms with E-state index in [0.717, 1.165) is 24.8 Å². The molecular weight excluding hydrogens is 340 g/mol. The van der Waals surface area contributed by atoms with Gasteiger partial charge in [-0.3, -0.25) is 14.3 Å². The van der Waals surface area contributed by atoms with Crippen molar-refractivity contribution in [2.75, 3.05) is 7.11 Å². The second-order valence-corrected chi connectivity index (χ2v) is 7.63. The van der Waals surface area contributed by atoms with Gasteiger partial charge in [0.05, 0.1) is 18.4 Å². The van der Waals surface area contributed by atoms with E-state index in [0.29, 0.717) is 22.9 Å². The van der Waals surface area contributed by atoms with Crippen LogP contribution in [0.1, 0.15) is 58.1 Å². The first-order chi connectivity index (χ1) is 12.7. The molecular formula is C22H28N2O3. The number of ether oxygens (including phenoxy) is 1. The zero-order chi connectivity index (χ0) is 20.2. The average molecular weight is 368 g/mol. The van der Waals surface area contributed by atoms with E-state index in [4.69, 9.17) is 11.2 Å². The molecule has 1 aromatic carbocycles. The third-order valence-corrected chi connectivity index (χ3v) is 5.22. The molecule has 2 rings (SSSR count). The van der Waals surface area contributed by atoms with Crippen LogP contribution < -0.4 is 16.0 Å². The van der Waals surface area contributed by atoms with Crippen molar-refractivity contribution in [2.24, 2.45) is 5.92 Å². The Kier molecular flexibility index (Phi) is 6.32. The Hall–Kier alpha value is -2.74. The van der Waals surface area contributed by atoms with Crippen LogP contribution in [-0.4, -0.2) is 16.7 Å². The highest BCUT2D eigenvalue weighted by molar-refractivity contribution is 5.58. The summed E-state index contributed by atoms with van der Waals surface area (Å²) in [5.41, 5.74) is 1.02. The van der Waals surface area contributed by atoms with Crippen LogP contribution in [0.5, 0.6) is 5.75 Å². The van der Waals surface area contributed by atoms with Gasteiger partial charge in [-0.2, -0.15) is 0 Å². The first-order valence-electron chi connectivity index (χ1n) is 9.25. The summed E-state index contributed by atoms with van der Waals surface area (Å²) in [6.07, 6.45) is 10.4. The Balaban J connectivity index is 2.64. The van der Waals surface area contributed by atoms with Crippen molar-refractivity contribution in [2.45, 2.75) is 52.4 Å². The Bertz CT molecular complexity index is 961. The highest BCUT2D eigenvalue weighted by Crippen LogP contribution is 2.39. The van der Waals surface area contributed by atoms with Crippen LogP contribution in [0.3, 0.4) is 0 Å².